The molecule has 1 fully saturated rings. The third-order valence-electron chi connectivity index (χ3n) is 4.17. The van der Waals surface area contributed by atoms with E-state index in [1.165, 1.54) is 17.1 Å². The van der Waals surface area contributed by atoms with E-state index in [0.29, 0.717) is 12.1 Å². The van der Waals surface area contributed by atoms with Gasteiger partial charge in [-0.1, -0.05) is 13.8 Å². The van der Waals surface area contributed by atoms with Gasteiger partial charge in [0, 0.05) is 37.5 Å². The van der Waals surface area contributed by atoms with E-state index in [0.717, 1.165) is 13.0 Å². The zero-order valence-electron chi connectivity index (χ0n) is 12.4. The summed E-state index contributed by atoms with van der Waals surface area (Å²) >= 11 is 0. The van der Waals surface area contributed by atoms with E-state index in [1.54, 1.807) is 19.3 Å². The van der Waals surface area contributed by atoms with Crippen LogP contribution in [0.15, 0.2) is 23.1 Å². The van der Waals surface area contributed by atoms with Crippen molar-refractivity contribution in [1.29, 1.82) is 0 Å². The molecule has 5 heteroatoms. The maximum atomic E-state index is 12.1. The van der Waals surface area contributed by atoms with E-state index >= 15 is 0 Å². The Morgan fingerprint density at radius 2 is 2.30 bits per heavy atom. The molecule has 0 aromatic carbocycles. The Labute approximate surface area is 119 Å². The van der Waals surface area contributed by atoms with Crippen molar-refractivity contribution in [3.05, 3.63) is 34.2 Å². The van der Waals surface area contributed by atoms with Crippen LogP contribution in [0.4, 0.5) is 0 Å². The molecule has 110 valence electrons. The molecule has 1 aromatic heterocycles. The lowest BCUT2D eigenvalue weighted by Gasteiger charge is -2.39. The molecule has 0 radical (unpaired) electrons. The van der Waals surface area contributed by atoms with E-state index < -0.39 is 0 Å². The topological polar surface area (TPSA) is 63.1 Å². The number of aromatic nitrogens is 1. The van der Waals surface area contributed by atoms with Crippen LogP contribution in [0.5, 0.6) is 0 Å². The molecule has 0 bridgehead atoms. The van der Waals surface area contributed by atoms with Crippen molar-refractivity contribution in [2.45, 2.75) is 32.7 Å². The van der Waals surface area contributed by atoms with Gasteiger partial charge in [0.2, 0.25) is 0 Å². The number of nitrogens with one attached hydrogen (secondary N) is 2. The van der Waals surface area contributed by atoms with Crippen LogP contribution in [0.25, 0.3) is 0 Å². The molecule has 0 saturated carbocycles. The molecule has 1 atom stereocenters. The zero-order chi connectivity index (χ0) is 14.8. The molecular weight excluding hydrogens is 254 g/mol. The first-order chi connectivity index (χ1) is 9.40. The first-order valence-electron chi connectivity index (χ1n) is 7.08. The van der Waals surface area contributed by atoms with E-state index in [2.05, 4.69) is 24.5 Å². The third-order valence-corrected chi connectivity index (χ3v) is 4.17. The van der Waals surface area contributed by atoms with Gasteiger partial charge in [-0.25, -0.2) is 0 Å². The Morgan fingerprint density at radius 1 is 1.55 bits per heavy atom. The Bertz CT molecular complexity index is 548. The fourth-order valence-electron chi connectivity index (χ4n) is 2.61. The van der Waals surface area contributed by atoms with Crippen LogP contribution < -0.4 is 16.2 Å². The molecule has 1 saturated heterocycles. The predicted octanol–water partition coefficient (Wildman–Crippen LogP) is 0.893. The summed E-state index contributed by atoms with van der Waals surface area (Å²) < 4.78 is 1.45. The SMILES string of the molecule is Cn1ccc(C(=O)NCC2NCCCC2(C)C)cc1=O. The summed E-state index contributed by atoms with van der Waals surface area (Å²) in [6, 6.07) is 3.30. The van der Waals surface area contributed by atoms with Crippen LogP contribution >= 0.6 is 0 Å². The van der Waals surface area contributed by atoms with Gasteiger partial charge in [0.15, 0.2) is 0 Å². The van der Waals surface area contributed by atoms with Crippen molar-refractivity contribution in [1.82, 2.24) is 15.2 Å². The largest absolute Gasteiger partial charge is 0.350 e. The average molecular weight is 277 g/mol. The van der Waals surface area contributed by atoms with Gasteiger partial charge in [-0.3, -0.25) is 9.59 Å². The molecule has 1 aliphatic rings. The third kappa shape index (κ3) is 3.28. The van der Waals surface area contributed by atoms with Crippen LogP contribution in [0.3, 0.4) is 0 Å². The molecule has 1 unspecified atom stereocenters. The summed E-state index contributed by atoms with van der Waals surface area (Å²) in [6.45, 7) is 6.01. The van der Waals surface area contributed by atoms with Gasteiger partial charge in [-0.05, 0) is 30.9 Å². The highest BCUT2D eigenvalue weighted by Crippen LogP contribution is 2.29. The molecule has 2 heterocycles. The number of amides is 1. The molecule has 1 aromatic rings. The second-order valence-corrected chi connectivity index (χ2v) is 6.17. The summed E-state index contributed by atoms with van der Waals surface area (Å²) in [5.74, 6) is -0.189. The van der Waals surface area contributed by atoms with Gasteiger partial charge in [-0.2, -0.15) is 0 Å². The number of piperidine rings is 1. The number of rotatable bonds is 3. The van der Waals surface area contributed by atoms with Gasteiger partial charge < -0.3 is 15.2 Å². The van der Waals surface area contributed by atoms with Crippen LogP contribution in [-0.4, -0.2) is 29.6 Å². The van der Waals surface area contributed by atoms with E-state index in [9.17, 15) is 9.59 Å². The standard InChI is InChI=1S/C15H23N3O2/c1-15(2)6-4-7-16-12(15)10-17-14(20)11-5-8-18(3)13(19)9-11/h5,8-9,12,16H,4,6-7,10H2,1-3H3,(H,17,20). The van der Waals surface area contributed by atoms with Crippen molar-refractivity contribution in [3.63, 3.8) is 0 Å². The lowest BCUT2D eigenvalue weighted by Crippen LogP contribution is -2.52. The number of carbonyl (C=O) groups is 1. The first-order valence-corrected chi connectivity index (χ1v) is 7.08. The van der Waals surface area contributed by atoms with Gasteiger partial charge in [0.25, 0.3) is 11.5 Å². The Kier molecular flexibility index (Phi) is 4.28. The zero-order valence-corrected chi connectivity index (χ0v) is 12.4. The van der Waals surface area contributed by atoms with E-state index in [4.69, 9.17) is 0 Å². The molecule has 5 nitrogen and oxygen atoms in total. The van der Waals surface area contributed by atoms with Crippen LogP contribution in [0.1, 0.15) is 37.0 Å². The summed E-state index contributed by atoms with van der Waals surface area (Å²) in [4.78, 5) is 23.6. The lowest BCUT2D eigenvalue weighted by atomic mass is 9.77. The molecule has 2 N–H and O–H groups in total. The van der Waals surface area contributed by atoms with Crippen molar-refractivity contribution in [3.8, 4) is 0 Å². The lowest BCUT2D eigenvalue weighted by molar-refractivity contribution is 0.0928. The fraction of sp³-hybridized carbons (Fsp3) is 0.600. The van der Waals surface area contributed by atoms with Gasteiger partial charge in [-0.15, -0.1) is 0 Å². The molecule has 1 aliphatic heterocycles. The predicted molar refractivity (Wildman–Crippen MR) is 78.8 cm³/mol. The Hall–Kier alpha value is -1.62. The van der Waals surface area contributed by atoms with Crippen LogP contribution in [0.2, 0.25) is 0 Å². The number of carbonyl (C=O) groups excluding carboxylic acids is 1. The normalized spacial score (nSPS) is 21.4. The number of pyridine rings is 1. The molecular formula is C15H23N3O2. The molecule has 0 spiro atoms. The monoisotopic (exact) mass is 277 g/mol. The second kappa shape index (κ2) is 5.79. The fourth-order valence-corrected chi connectivity index (χ4v) is 2.61. The number of nitrogens with zero attached hydrogens (tertiary/aromatic N) is 1. The smallest absolute Gasteiger partial charge is 0.251 e. The Balaban J connectivity index is 1.98. The van der Waals surface area contributed by atoms with E-state index in [-0.39, 0.29) is 22.9 Å². The maximum Gasteiger partial charge on any atom is 0.251 e. The molecule has 20 heavy (non-hydrogen) atoms. The van der Waals surface area contributed by atoms with Crippen molar-refractivity contribution in [2.24, 2.45) is 12.5 Å². The van der Waals surface area contributed by atoms with Crippen LogP contribution in [-0.2, 0) is 7.05 Å². The second-order valence-electron chi connectivity index (χ2n) is 6.17. The highest BCUT2D eigenvalue weighted by Gasteiger charge is 2.31. The molecule has 1 amide bonds. The van der Waals surface area contributed by atoms with Gasteiger partial charge in [0.1, 0.15) is 0 Å². The minimum atomic E-state index is -0.189. The van der Waals surface area contributed by atoms with Crippen molar-refractivity contribution >= 4 is 5.91 Å². The minimum Gasteiger partial charge on any atom is -0.350 e. The first kappa shape index (κ1) is 14.8. The van der Waals surface area contributed by atoms with Crippen LogP contribution in [0, 0.1) is 5.41 Å². The molecule has 2 rings (SSSR count). The summed E-state index contributed by atoms with van der Waals surface area (Å²) in [5, 5.41) is 6.38. The van der Waals surface area contributed by atoms with Crippen molar-refractivity contribution < 1.29 is 4.79 Å². The van der Waals surface area contributed by atoms with E-state index in [1.807, 2.05) is 0 Å². The summed E-state index contributed by atoms with van der Waals surface area (Å²) in [7, 11) is 1.67. The summed E-state index contributed by atoms with van der Waals surface area (Å²) in [6.07, 6.45) is 3.94. The average Bonchev–Trinajstić information content (AvgIpc) is 2.40. The summed E-state index contributed by atoms with van der Waals surface area (Å²) in [5.41, 5.74) is 0.425. The highest BCUT2D eigenvalue weighted by atomic mass is 16.2. The number of hydrogen-bond donors (Lipinski definition) is 2. The van der Waals surface area contributed by atoms with Gasteiger partial charge in [0.05, 0.1) is 0 Å². The highest BCUT2D eigenvalue weighted by molar-refractivity contribution is 5.93. The van der Waals surface area contributed by atoms with Gasteiger partial charge >= 0.3 is 0 Å². The van der Waals surface area contributed by atoms with Crippen molar-refractivity contribution in [2.75, 3.05) is 13.1 Å². The Morgan fingerprint density at radius 3 is 2.95 bits per heavy atom. The number of hydrogen-bond acceptors (Lipinski definition) is 3. The number of aryl methyl sites for hydroxylation is 1. The quantitative estimate of drug-likeness (QED) is 0.862. The maximum absolute atomic E-state index is 12.1. The molecule has 0 aliphatic carbocycles. The minimum absolute atomic E-state index is 0.172.